The number of nitro groups is 1. The van der Waals surface area contributed by atoms with Gasteiger partial charge in [0.2, 0.25) is 0 Å². The second kappa shape index (κ2) is 4.18. The van der Waals surface area contributed by atoms with E-state index in [0.717, 1.165) is 11.8 Å². The maximum atomic E-state index is 10.8. The zero-order valence-electron chi connectivity index (χ0n) is 9.23. The molecule has 0 radical (unpaired) electrons. The molecule has 6 heteroatoms. The first-order chi connectivity index (χ1) is 8.06. The molecular weight excluding hydrogens is 244 g/mol. The molecule has 0 atom stereocenters. The average Bonchev–Trinajstić information content (AvgIpc) is 2.29. The van der Waals surface area contributed by atoms with E-state index >= 15 is 0 Å². The molecule has 0 bridgehead atoms. The second-order valence-electron chi connectivity index (χ2n) is 3.52. The highest BCUT2D eigenvalue weighted by atomic mass is 35.5. The first-order valence-corrected chi connectivity index (χ1v) is 5.20. The number of aromatic nitrogens is 1. The van der Waals surface area contributed by atoms with Crippen LogP contribution in [0.3, 0.4) is 0 Å². The largest absolute Gasteiger partial charge is 0.494 e. The smallest absolute Gasteiger partial charge is 0.306 e. The predicted molar refractivity (Wildman–Crippen MR) is 64.7 cm³/mol. The van der Waals surface area contributed by atoms with Gasteiger partial charge in [-0.1, -0.05) is 17.7 Å². The van der Waals surface area contributed by atoms with E-state index in [1.807, 2.05) is 6.92 Å². The average molecular weight is 253 g/mol. The molecule has 2 rings (SSSR count). The Morgan fingerprint density at radius 1 is 1.47 bits per heavy atom. The molecule has 0 spiro atoms. The number of fused-ring (bicyclic) bond motifs is 1. The summed E-state index contributed by atoms with van der Waals surface area (Å²) in [6, 6.07) is 3.55. The number of benzene rings is 1. The molecule has 0 saturated heterocycles. The van der Waals surface area contributed by atoms with Crippen molar-refractivity contribution in [3.63, 3.8) is 0 Å². The molecule has 0 fully saturated rings. The number of hydrogen-bond donors (Lipinski definition) is 0. The highest BCUT2D eigenvalue weighted by Gasteiger charge is 2.19. The van der Waals surface area contributed by atoms with Crippen molar-refractivity contribution < 1.29 is 9.66 Å². The summed E-state index contributed by atoms with van der Waals surface area (Å²) in [5.41, 5.74) is 1.15. The van der Waals surface area contributed by atoms with Crippen molar-refractivity contribution in [2.24, 2.45) is 0 Å². The Balaban J connectivity index is 2.90. The summed E-state index contributed by atoms with van der Waals surface area (Å²) >= 11 is 6.03. The molecule has 0 aliphatic rings. The minimum absolute atomic E-state index is 0.0939. The van der Waals surface area contributed by atoms with Crippen LogP contribution in [-0.2, 0) is 0 Å². The molecule has 0 amide bonds. The molecule has 17 heavy (non-hydrogen) atoms. The number of nitrogens with zero attached hydrogens (tertiary/aromatic N) is 2. The van der Waals surface area contributed by atoms with Gasteiger partial charge in [0, 0.05) is 5.39 Å². The first-order valence-electron chi connectivity index (χ1n) is 4.82. The van der Waals surface area contributed by atoms with E-state index < -0.39 is 4.92 Å². The van der Waals surface area contributed by atoms with Gasteiger partial charge in [0.15, 0.2) is 0 Å². The molecule has 5 nitrogen and oxygen atoms in total. The summed E-state index contributed by atoms with van der Waals surface area (Å²) in [6.07, 6.45) is 1.15. The van der Waals surface area contributed by atoms with Crippen LogP contribution in [0.1, 0.15) is 5.56 Å². The van der Waals surface area contributed by atoms with Crippen molar-refractivity contribution in [3.05, 3.63) is 39.0 Å². The zero-order chi connectivity index (χ0) is 12.6. The van der Waals surface area contributed by atoms with Crippen LogP contribution in [0.25, 0.3) is 10.9 Å². The number of hydrogen-bond acceptors (Lipinski definition) is 4. The monoisotopic (exact) mass is 252 g/mol. The lowest BCUT2D eigenvalue weighted by Crippen LogP contribution is -1.95. The summed E-state index contributed by atoms with van der Waals surface area (Å²) < 4.78 is 5.15. The molecule has 0 saturated carbocycles. The van der Waals surface area contributed by atoms with Gasteiger partial charge in [0.05, 0.1) is 12.0 Å². The molecular formula is C11H9ClN2O3. The van der Waals surface area contributed by atoms with E-state index in [1.54, 1.807) is 12.1 Å². The summed E-state index contributed by atoms with van der Waals surface area (Å²) in [6.45, 7) is 1.82. The van der Waals surface area contributed by atoms with E-state index in [1.165, 1.54) is 7.11 Å². The van der Waals surface area contributed by atoms with Gasteiger partial charge in [-0.3, -0.25) is 10.1 Å². The molecule has 2 aromatic rings. The fourth-order valence-corrected chi connectivity index (χ4v) is 2.04. The Kier molecular flexibility index (Phi) is 2.85. The molecule has 0 N–H and O–H groups in total. The minimum atomic E-state index is -0.548. The summed E-state index contributed by atoms with van der Waals surface area (Å²) in [4.78, 5) is 14.3. The van der Waals surface area contributed by atoms with Gasteiger partial charge in [-0.25, -0.2) is 4.98 Å². The van der Waals surface area contributed by atoms with Crippen LogP contribution in [0.15, 0.2) is 18.3 Å². The Labute approximate surface area is 102 Å². The van der Waals surface area contributed by atoms with Crippen LogP contribution in [0, 0.1) is 17.0 Å². The van der Waals surface area contributed by atoms with E-state index in [4.69, 9.17) is 16.3 Å². The number of aryl methyl sites for hydroxylation is 1. The van der Waals surface area contributed by atoms with Crippen LogP contribution < -0.4 is 4.74 Å². The zero-order valence-corrected chi connectivity index (χ0v) is 9.99. The molecule has 1 heterocycles. The van der Waals surface area contributed by atoms with Crippen molar-refractivity contribution in [3.8, 4) is 5.75 Å². The topological polar surface area (TPSA) is 65.3 Å². The molecule has 0 aliphatic carbocycles. The van der Waals surface area contributed by atoms with Crippen LogP contribution in [0.2, 0.25) is 5.02 Å². The first kappa shape index (κ1) is 11.6. The normalized spacial score (nSPS) is 10.5. The van der Waals surface area contributed by atoms with Gasteiger partial charge in [-0.2, -0.15) is 0 Å². The Bertz CT molecular complexity index is 613. The van der Waals surface area contributed by atoms with Gasteiger partial charge in [0.1, 0.15) is 22.5 Å². The van der Waals surface area contributed by atoms with E-state index in [9.17, 15) is 10.1 Å². The maximum absolute atomic E-state index is 10.8. The lowest BCUT2D eigenvalue weighted by atomic mass is 10.1. The standard InChI is InChI=1S/C11H9ClN2O3/c1-6-3-4-8(17-2)11-9(6)10(12)7(5-13-11)14(15)16/h3-5H,1-2H3. The number of rotatable bonds is 2. The number of methoxy groups -OCH3 is 1. The molecule has 0 aliphatic heterocycles. The summed E-state index contributed by atoms with van der Waals surface area (Å²) in [5.74, 6) is 0.544. The van der Waals surface area contributed by atoms with Gasteiger partial charge >= 0.3 is 5.69 Å². The third kappa shape index (κ3) is 1.78. The van der Waals surface area contributed by atoms with Gasteiger partial charge in [0.25, 0.3) is 0 Å². The van der Waals surface area contributed by atoms with Gasteiger partial charge in [-0.15, -0.1) is 0 Å². The summed E-state index contributed by atoms with van der Waals surface area (Å²) in [7, 11) is 1.51. The number of pyridine rings is 1. The molecule has 0 unspecified atom stereocenters. The van der Waals surface area contributed by atoms with Gasteiger partial charge in [-0.05, 0) is 18.6 Å². The Morgan fingerprint density at radius 2 is 2.18 bits per heavy atom. The third-order valence-corrected chi connectivity index (χ3v) is 2.91. The van der Waals surface area contributed by atoms with Crippen molar-refractivity contribution in [2.45, 2.75) is 6.92 Å². The van der Waals surface area contributed by atoms with E-state index in [-0.39, 0.29) is 10.7 Å². The Morgan fingerprint density at radius 3 is 2.76 bits per heavy atom. The highest BCUT2D eigenvalue weighted by molar-refractivity contribution is 6.37. The SMILES string of the molecule is COc1ccc(C)c2c(Cl)c([N+](=O)[O-])cnc12. The highest BCUT2D eigenvalue weighted by Crippen LogP contribution is 2.36. The van der Waals surface area contributed by atoms with Crippen molar-refractivity contribution in [1.29, 1.82) is 0 Å². The Hall–Kier alpha value is -1.88. The number of halogens is 1. The van der Waals surface area contributed by atoms with Crippen LogP contribution >= 0.6 is 11.6 Å². The third-order valence-electron chi connectivity index (χ3n) is 2.53. The molecule has 1 aromatic carbocycles. The predicted octanol–water partition coefficient (Wildman–Crippen LogP) is 3.11. The van der Waals surface area contributed by atoms with Gasteiger partial charge < -0.3 is 4.74 Å². The van der Waals surface area contributed by atoms with Crippen LogP contribution in [0.4, 0.5) is 5.69 Å². The van der Waals surface area contributed by atoms with Crippen molar-refractivity contribution >= 4 is 28.2 Å². The fourth-order valence-electron chi connectivity index (χ4n) is 1.68. The summed E-state index contributed by atoms with van der Waals surface area (Å²) in [5, 5.41) is 11.4. The fraction of sp³-hybridized carbons (Fsp3) is 0.182. The van der Waals surface area contributed by atoms with E-state index in [0.29, 0.717) is 16.7 Å². The van der Waals surface area contributed by atoms with Crippen molar-refractivity contribution in [1.82, 2.24) is 4.98 Å². The number of ether oxygens (including phenoxy) is 1. The van der Waals surface area contributed by atoms with Crippen molar-refractivity contribution in [2.75, 3.05) is 7.11 Å². The quantitative estimate of drug-likeness (QED) is 0.608. The van der Waals surface area contributed by atoms with Crippen LogP contribution in [0.5, 0.6) is 5.75 Å². The van der Waals surface area contributed by atoms with Crippen LogP contribution in [-0.4, -0.2) is 17.0 Å². The van der Waals surface area contributed by atoms with E-state index in [2.05, 4.69) is 4.98 Å². The minimum Gasteiger partial charge on any atom is -0.494 e. The maximum Gasteiger partial charge on any atom is 0.306 e. The molecule has 1 aromatic heterocycles. The lowest BCUT2D eigenvalue weighted by Gasteiger charge is -2.08. The lowest BCUT2D eigenvalue weighted by molar-refractivity contribution is -0.384. The molecule has 88 valence electrons. The second-order valence-corrected chi connectivity index (χ2v) is 3.90.